The Morgan fingerprint density at radius 1 is 0.667 bits per heavy atom. The minimum atomic E-state index is -1.43. The van der Waals surface area contributed by atoms with Crippen molar-refractivity contribution in [2.24, 2.45) is 0 Å². The monoisotopic (exact) mass is 878 g/mol. The van der Waals surface area contributed by atoms with Gasteiger partial charge in [0.25, 0.3) is 0 Å². The molecule has 0 unspecified atom stereocenters. The normalized spacial score (nSPS) is 11.1. The van der Waals surface area contributed by atoms with E-state index in [0.717, 1.165) is 50.8 Å². The number of benzene rings is 4. The first-order valence-electron chi connectivity index (χ1n) is 16.7. The van der Waals surface area contributed by atoms with Gasteiger partial charge in [-0.15, -0.1) is 59.7 Å². The van der Waals surface area contributed by atoms with Gasteiger partial charge in [0.05, 0.1) is 8.07 Å². The van der Waals surface area contributed by atoms with E-state index in [2.05, 4.69) is 121 Å². The van der Waals surface area contributed by atoms with E-state index < -0.39 is 14.0 Å². The van der Waals surface area contributed by atoms with Crippen LogP contribution in [0.25, 0.3) is 42.8 Å². The number of fused-ring (bicyclic) bond motifs is 3. The van der Waals surface area contributed by atoms with Crippen molar-refractivity contribution in [3.63, 3.8) is 0 Å². The van der Waals surface area contributed by atoms with Crippen LogP contribution in [0.3, 0.4) is 0 Å². The molecule has 0 fully saturated rings. The van der Waals surface area contributed by atoms with Crippen LogP contribution in [0.4, 0.5) is 4.39 Å². The number of thiophene rings is 1. The smallest absolute Gasteiger partial charge is 0.214 e. The molecule has 0 saturated heterocycles. The Bertz CT molecular complexity index is 2380. The van der Waals surface area contributed by atoms with Gasteiger partial charge in [0.15, 0.2) is 0 Å². The van der Waals surface area contributed by atoms with E-state index >= 15 is 0 Å². The van der Waals surface area contributed by atoms with Crippen LogP contribution in [0.15, 0.2) is 140 Å². The van der Waals surface area contributed by atoms with Gasteiger partial charge in [0.1, 0.15) is 4.83 Å². The number of aromatic nitrogens is 3. The molecule has 0 aliphatic carbocycles. The molecule has 0 spiro atoms. The standard InChI is InChI=1S/C23H14FN2S.C21H22NSi.Ir/c24-21-10-9-18-17-7-4-8-19(22(17)27-23(18)26-21)20-14-16(11-12-25-20)13-15-5-2-1-3-6-15;1-23(2,3)21-16-22-20(18-12-8-5-9-13-18)15-19(21)14-17-10-6-4-7-11-17;/h1-7,9-12,14H,13H2;4-12,15-16H,14H2,1-3H3;/q2*-1;. The van der Waals surface area contributed by atoms with E-state index in [1.165, 1.54) is 44.8 Å². The summed E-state index contributed by atoms with van der Waals surface area (Å²) in [5.41, 5.74) is 9.09. The van der Waals surface area contributed by atoms with Crippen molar-refractivity contribution in [1.82, 2.24) is 15.0 Å². The summed E-state index contributed by atoms with van der Waals surface area (Å²) in [6, 6.07) is 49.2. The number of hydrogen-bond donors (Lipinski definition) is 0. The quantitative estimate of drug-likeness (QED) is 0.0910. The molecule has 0 amide bonds. The van der Waals surface area contributed by atoms with E-state index in [1.807, 2.05) is 48.7 Å². The number of halogens is 1. The second-order valence-electron chi connectivity index (χ2n) is 13.3. The van der Waals surface area contributed by atoms with Crippen LogP contribution in [0.5, 0.6) is 0 Å². The average Bonchev–Trinajstić information content (AvgIpc) is 3.50. The fourth-order valence-electron chi connectivity index (χ4n) is 6.18. The molecule has 8 aromatic rings. The maximum atomic E-state index is 13.5. The average molecular weight is 878 g/mol. The van der Waals surface area contributed by atoms with Gasteiger partial charge < -0.3 is 9.97 Å². The fraction of sp³-hybridized carbons (Fsp3) is 0.114. The third kappa shape index (κ3) is 8.63. The number of hydrogen-bond acceptors (Lipinski definition) is 4. The molecule has 4 heterocycles. The third-order valence-electron chi connectivity index (χ3n) is 8.62. The molecule has 1 radical (unpaired) electrons. The molecular formula is C44H36FIrN3SSi-2. The SMILES string of the molecule is C[Si](C)(C)c1cnc(-c2[c-]cccc2)cc1Cc1ccccc1.Fc1ccc2c(n1)sc1c(-c3cc(Cc4ccccc4)ccn3)[c-]ccc12.[Ir]. The van der Waals surface area contributed by atoms with Crippen LogP contribution in [-0.4, -0.2) is 23.0 Å². The summed E-state index contributed by atoms with van der Waals surface area (Å²) in [6.07, 6.45) is 5.75. The molecule has 4 aromatic heterocycles. The molecule has 0 N–H and O–H groups in total. The van der Waals surface area contributed by atoms with Gasteiger partial charge >= 0.3 is 0 Å². The van der Waals surface area contributed by atoms with Crippen LogP contribution in [0.2, 0.25) is 19.6 Å². The molecule has 4 aromatic carbocycles. The summed E-state index contributed by atoms with van der Waals surface area (Å²) in [7, 11) is -1.43. The van der Waals surface area contributed by atoms with Crippen LogP contribution in [0.1, 0.15) is 22.3 Å². The summed E-state index contributed by atoms with van der Waals surface area (Å²) in [4.78, 5) is 14.0. The maximum Gasteiger partial charge on any atom is 0.214 e. The Morgan fingerprint density at radius 3 is 2.10 bits per heavy atom. The molecule has 7 heteroatoms. The van der Waals surface area contributed by atoms with Gasteiger partial charge in [0, 0.05) is 37.9 Å². The Morgan fingerprint density at radius 2 is 1.39 bits per heavy atom. The van der Waals surface area contributed by atoms with Crippen molar-refractivity contribution in [3.05, 3.63) is 180 Å². The van der Waals surface area contributed by atoms with Gasteiger partial charge in [-0.2, -0.15) is 15.7 Å². The number of pyridine rings is 3. The molecule has 0 saturated carbocycles. The van der Waals surface area contributed by atoms with Crippen molar-refractivity contribution in [1.29, 1.82) is 0 Å². The second-order valence-corrected chi connectivity index (χ2v) is 19.3. The minimum Gasteiger partial charge on any atom is -0.305 e. The molecule has 0 bridgehead atoms. The Kier molecular flexibility index (Phi) is 11.4. The summed E-state index contributed by atoms with van der Waals surface area (Å²) in [6.45, 7) is 7.15. The Hall–Kier alpha value is -4.65. The largest absolute Gasteiger partial charge is 0.305 e. The summed E-state index contributed by atoms with van der Waals surface area (Å²) in [5.74, 6) is -0.456. The van der Waals surface area contributed by atoms with E-state index in [0.29, 0.717) is 4.83 Å². The number of rotatable bonds is 7. The Balaban J connectivity index is 0.000000175. The van der Waals surface area contributed by atoms with E-state index in [9.17, 15) is 4.39 Å². The van der Waals surface area contributed by atoms with Gasteiger partial charge in [-0.25, -0.2) is 4.98 Å². The van der Waals surface area contributed by atoms with Gasteiger partial charge in [-0.1, -0.05) is 103 Å². The zero-order chi connectivity index (χ0) is 34.5. The molecule has 8 rings (SSSR count). The van der Waals surface area contributed by atoms with Crippen molar-refractivity contribution >= 4 is 44.9 Å². The fourth-order valence-corrected chi connectivity index (χ4v) is 8.92. The van der Waals surface area contributed by atoms with Crippen molar-refractivity contribution in [3.8, 4) is 22.5 Å². The third-order valence-corrected chi connectivity index (χ3v) is 11.8. The van der Waals surface area contributed by atoms with Crippen molar-refractivity contribution in [2.45, 2.75) is 32.5 Å². The first-order valence-corrected chi connectivity index (χ1v) is 21.0. The van der Waals surface area contributed by atoms with E-state index in [-0.39, 0.29) is 20.1 Å². The predicted molar refractivity (Wildman–Crippen MR) is 209 cm³/mol. The number of nitrogens with zero attached hydrogens (tertiary/aromatic N) is 3. The molecule has 0 aliphatic rings. The molecule has 51 heavy (non-hydrogen) atoms. The van der Waals surface area contributed by atoms with Gasteiger partial charge in [0.2, 0.25) is 5.95 Å². The van der Waals surface area contributed by atoms with Crippen LogP contribution < -0.4 is 5.19 Å². The minimum absolute atomic E-state index is 0. The summed E-state index contributed by atoms with van der Waals surface area (Å²) in [5, 5.41) is 3.47. The van der Waals surface area contributed by atoms with E-state index in [4.69, 9.17) is 4.98 Å². The van der Waals surface area contributed by atoms with Crippen molar-refractivity contribution < 1.29 is 24.5 Å². The van der Waals surface area contributed by atoms with Gasteiger partial charge in [-0.05, 0) is 69.0 Å². The molecule has 0 aliphatic heterocycles. The topological polar surface area (TPSA) is 38.7 Å². The predicted octanol–water partition coefficient (Wildman–Crippen LogP) is 10.7. The first kappa shape index (κ1) is 36.1. The maximum absolute atomic E-state index is 13.5. The summed E-state index contributed by atoms with van der Waals surface area (Å²) >= 11 is 1.48. The zero-order valence-electron chi connectivity index (χ0n) is 28.7. The van der Waals surface area contributed by atoms with Gasteiger partial charge in [-0.3, -0.25) is 0 Å². The molecule has 255 valence electrons. The molecule has 0 atom stereocenters. The van der Waals surface area contributed by atoms with E-state index in [1.54, 1.807) is 6.07 Å². The zero-order valence-corrected chi connectivity index (χ0v) is 32.9. The second kappa shape index (κ2) is 16.1. The summed E-state index contributed by atoms with van der Waals surface area (Å²) < 4.78 is 14.6. The van der Waals surface area contributed by atoms with Crippen molar-refractivity contribution in [2.75, 3.05) is 0 Å². The first-order chi connectivity index (χ1) is 24.3. The van der Waals surface area contributed by atoms with Crippen LogP contribution in [-0.2, 0) is 32.9 Å². The Labute approximate surface area is 317 Å². The molecule has 3 nitrogen and oxygen atoms in total. The van der Waals surface area contributed by atoms with Crippen LogP contribution >= 0.6 is 11.3 Å². The molecular weight excluding hydrogens is 842 g/mol. The van der Waals surface area contributed by atoms with Crippen LogP contribution in [0, 0.1) is 18.1 Å².